The third-order valence-corrected chi connectivity index (χ3v) is 5.55. The Morgan fingerprint density at radius 3 is 2.65 bits per heavy atom. The molecule has 1 unspecified atom stereocenters. The lowest BCUT2D eigenvalue weighted by molar-refractivity contribution is 0.580. The third kappa shape index (κ3) is 6.08. The van der Waals surface area contributed by atoms with Gasteiger partial charge in [0.1, 0.15) is 11.6 Å². The molecule has 1 aromatic carbocycles. The second-order valence-corrected chi connectivity index (χ2v) is 7.57. The molecule has 0 aliphatic carbocycles. The van der Waals surface area contributed by atoms with E-state index >= 15 is 0 Å². The lowest BCUT2D eigenvalue weighted by Crippen LogP contribution is -2.44. The Balaban J connectivity index is 0.00000341. The molecule has 2 aromatic rings. The van der Waals surface area contributed by atoms with E-state index in [1.807, 2.05) is 23.6 Å². The van der Waals surface area contributed by atoms with Gasteiger partial charge in [-0.2, -0.15) is 5.10 Å². The molecule has 2 heterocycles. The van der Waals surface area contributed by atoms with Crippen molar-refractivity contribution < 1.29 is 8.78 Å². The van der Waals surface area contributed by atoms with Crippen molar-refractivity contribution in [2.24, 2.45) is 12.0 Å². The summed E-state index contributed by atoms with van der Waals surface area (Å²) in [6, 6.07) is 3.88. The van der Waals surface area contributed by atoms with Gasteiger partial charge in [-0.3, -0.25) is 4.68 Å². The number of rotatable bonds is 7. The van der Waals surface area contributed by atoms with E-state index in [1.54, 1.807) is 0 Å². The molecule has 31 heavy (non-hydrogen) atoms. The highest BCUT2D eigenvalue weighted by Crippen LogP contribution is 2.24. The molecule has 9 heteroatoms. The van der Waals surface area contributed by atoms with Gasteiger partial charge in [-0.25, -0.2) is 13.8 Å². The summed E-state index contributed by atoms with van der Waals surface area (Å²) >= 11 is 0. The normalized spacial score (nSPS) is 16.4. The average molecular weight is 546 g/mol. The first-order valence-corrected chi connectivity index (χ1v) is 10.7. The first-order chi connectivity index (χ1) is 14.5. The monoisotopic (exact) mass is 546 g/mol. The molecule has 0 radical (unpaired) electrons. The minimum Gasteiger partial charge on any atom is -0.367 e. The van der Waals surface area contributed by atoms with Crippen LogP contribution in [-0.4, -0.2) is 41.4 Å². The summed E-state index contributed by atoms with van der Waals surface area (Å²) in [6.45, 7) is 8.95. The molecule has 0 amide bonds. The van der Waals surface area contributed by atoms with E-state index < -0.39 is 11.6 Å². The number of hydrogen-bond acceptors (Lipinski definition) is 3. The van der Waals surface area contributed by atoms with E-state index in [2.05, 4.69) is 29.6 Å². The van der Waals surface area contributed by atoms with Crippen LogP contribution in [0.2, 0.25) is 0 Å². The van der Waals surface area contributed by atoms with Gasteiger partial charge in [-0.15, -0.1) is 24.0 Å². The molecule has 0 saturated carbocycles. The zero-order chi connectivity index (χ0) is 21.7. The van der Waals surface area contributed by atoms with E-state index in [1.165, 1.54) is 23.4 Å². The molecule has 1 aromatic heterocycles. The number of aliphatic imine (C=N–C) groups is 1. The van der Waals surface area contributed by atoms with Gasteiger partial charge in [0.25, 0.3) is 0 Å². The molecule has 172 valence electrons. The Hall–Kier alpha value is -1.91. The molecule has 0 bridgehead atoms. The molecule has 1 fully saturated rings. The van der Waals surface area contributed by atoms with Gasteiger partial charge in [-0.1, -0.05) is 13.8 Å². The summed E-state index contributed by atoms with van der Waals surface area (Å²) in [5.74, 6) is -0.330. The average Bonchev–Trinajstić information content (AvgIpc) is 3.29. The van der Waals surface area contributed by atoms with Gasteiger partial charge in [0, 0.05) is 50.0 Å². The van der Waals surface area contributed by atoms with Gasteiger partial charge in [0.05, 0.1) is 17.9 Å². The first-order valence-electron chi connectivity index (χ1n) is 10.7. The maximum absolute atomic E-state index is 14.1. The van der Waals surface area contributed by atoms with Crippen LogP contribution in [0.1, 0.15) is 44.1 Å². The summed E-state index contributed by atoms with van der Waals surface area (Å²) in [4.78, 5) is 6.75. The second kappa shape index (κ2) is 11.6. The number of benzene rings is 1. The van der Waals surface area contributed by atoms with Gasteiger partial charge in [0.15, 0.2) is 5.96 Å². The largest absolute Gasteiger partial charge is 0.367 e. The minimum atomic E-state index is -0.556. The summed E-state index contributed by atoms with van der Waals surface area (Å²) in [6.07, 6.45) is 2.65. The molecule has 3 rings (SSSR count). The van der Waals surface area contributed by atoms with Crippen LogP contribution >= 0.6 is 24.0 Å². The Kier molecular flexibility index (Phi) is 9.52. The van der Waals surface area contributed by atoms with Crippen molar-refractivity contribution in [3.05, 3.63) is 46.8 Å². The summed E-state index contributed by atoms with van der Waals surface area (Å²) in [5.41, 5.74) is 3.94. The fraction of sp³-hybridized carbons (Fsp3) is 0.545. The Morgan fingerprint density at radius 2 is 2.00 bits per heavy atom. The molecule has 1 saturated heterocycles. The minimum absolute atomic E-state index is 0. The molecule has 2 N–H and O–H groups in total. The number of nitrogens with one attached hydrogen (secondary N) is 2. The van der Waals surface area contributed by atoms with Gasteiger partial charge >= 0.3 is 0 Å². The zero-order valence-electron chi connectivity index (χ0n) is 18.7. The summed E-state index contributed by atoms with van der Waals surface area (Å²) in [5, 5.41) is 11.4. The van der Waals surface area contributed by atoms with Gasteiger partial charge < -0.3 is 15.5 Å². The molecular formula is C22H33F2IN6. The van der Waals surface area contributed by atoms with E-state index in [4.69, 9.17) is 4.99 Å². The summed E-state index contributed by atoms with van der Waals surface area (Å²) in [7, 11) is 1.98. The fourth-order valence-corrected chi connectivity index (χ4v) is 4.08. The van der Waals surface area contributed by atoms with Crippen LogP contribution in [0.3, 0.4) is 0 Å². The molecule has 1 aliphatic rings. The third-order valence-electron chi connectivity index (χ3n) is 5.55. The number of aryl methyl sites for hydroxylation is 2. The van der Waals surface area contributed by atoms with Crippen molar-refractivity contribution in [2.45, 2.75) is 52.6 Å². The standard InChI is InChI=1S/C22H32F2N6.HI/c1-5-19-17(20(6-2)29(4)28-19)13-26-22(25-7-3)27-16-10-11-30(14-16)21-9-8-15(23)12-18(21)24;/h8-9,12,16H,5-7,10-11,13-14H2,1-4H3,(H2,25,26,27);1H. The van der Waals surface area contributed by atoms with Crippen LogP contribution in [0, 0.1) is 11.6 Å². The molecule has 1 atom stereocenters. The van der Waals surface area contributed by atoms with E-state index in [9.17, 15) is 8.78 Å². The number of aromatic nitrogens is 2. The zero-order valence-corrected chi connectivity index (χ0v) is 21.0. The Morgan fingerprint density at radius 1 is 1.23 bits per heavy atom. The topological polar surface area (TPSA) is 57.5 Å². The lowest BCUT2D eigenvalue weighted by Gasteiger charge is -2.21. The van der Waals surface area contributed by atoms with Gasteiger partial charge in [-0.05, 0) is 38.3 Å². The lowest BCUT2D eigenvalue weighted by atomic mass is 10.1. The van der Waals surface area contributed by atoms with Crippen molar-refractivity contribution in [1.82, 2.24) is 20.4 Å². The molecule has 6 nitrogen and oxygen atoms in total. The van der Waals surface area contributed by atoms with E-state index in [0.717, 1.165) is 43.5 Å². The number of nitrogens with zero attached hydrogens (tertiary/aromatic N) is 4. The predicted molar refractivity (Wildman–Crippen MR) is 132 cm³/mol. The van der Waals surface area contributed by atoms with E-state index in [-0.39, 0.29) is 30.0 Å². The van der Waals surface area contributed by atoms with Crippen LogP contribution in [0.4, 0.5) is 14.5 Å². The Bertz CT molecular complexity index is 898. The van der Waals surface area contributed by atoms with Crippen molar-refractivity contribution in [1.29, 1.82) is 0 Å². The van der Waals surface area contributed by atoms with Crippen molar-refractivity contribution in [3.8, 4) is 0 Å². The highest BCUT2D eigenvalue weighted by atomic mass is 127. The maximum Gasteiger partial charge on any atom is 0.191 e. The highest BCUT2D eigenvalue weighted by Gasteiger charge is 2.25. The maximum atomic E-state index is 14.1. The summed E-state index contributed by atoms with van der Waals surface area (Å²) < 4.78 is 29.3. The molecular weight excluding hydrogens is 513 g/mol. The predicted octanol–water partition coefficient (Wildman–Crippen LogP) is 3.78. The van der Waals surface area contributed by atoms with Crippen LogP contribution in [0.25, 0.3) is 0 Å². The number of halogens is 3. The SMILES string of the molecule is CCNC(=NCc1c(CC)nn(C)c1CC)NC1CCN(c2ccc(F)cc2F)C1.I. The number of anilines is 1. The van der Waals surface area contributed by atoms with Crippen LogP contribution < -0.4 is 15.5 Å². The molecule has 0 spiro atoms. The quantitative estimate of drug-likeness (QED) is 0.316. The fourth-order valence-electron chi connectivity index (χ4n) is 4.08. The Labute approximate surface area is 200 Å². The van der Waals surface area contributed by atoms with Crippen LogP contribution in [-0.2, 0) is 26.4 Å². The second-order valence-electron chi connectivity index (χ2n) is 7.57. The van der Waals surface area contributed by atoms with Crippen molar-refractivity contribution in [2.75, 3.05) is 24.5 Å². The molecule has 1 aliphatic heterocycles. The van der Waals surface area contributed by atoms with Gasteiger partial charge in [0.2, 0.25) is 0 Å². The van der Waals surface area contributed by atoms with Crippen LogP contribution in [0.5, 0.6) is 0 Å². The number of guanidine groups is 1. The smallest absolute Gasteiger partial charge is 0.191 e. The first kappa shape index (κ1) is 25.4. The van der Waals surface area contributed by atoms with E-state index in [0.29, 0.717) is 25.3 Å². The van der Waals surface area contributed by atoms with Crippen LogP contribution in [0.15, 0.2) is 23.2 Å². The number of hydrogen-bond donors (Lipinski definition) is 2. The van der Waals surface area contributed by atoms with Crippen molar-refractivity contribution >= 4 is 35.6 Å². The van der Waals surface area contributed by atoms with Crippen molar-refractivity contribution in [3.63, 3.8) is 0 Å². The highest BCUT2D eigenvalue weighted by molar-refractivity contribution is 14.0.